The second kappa shape index (κ2) is 7.60. The highest BCUT2D eigenvalue weighted by Gasteiger charge is 2.16. The maximum absolute atomic E-state index is 11.8. The molecule has 16 heavy (non-hydrogen) atoms. The molecule has 0 spiro atoms. The third-order valence-corrected chi connectivity index (χ3v) is 2.83. The fraction of sp³-hybridized carbons (Fsp3) is 0.909. The maximum atomic E-state index is 11.8. The van der Waals surface area contributed by atoms with Crippen molar-refractivity contribution in [1.82, 2.24) is 15.1 Å². The number of hydrogen-bond acceptors (Lipinski definition) is 4. The lowest BCUT2D eigenvalue weighted by atomic mass is 10.3. The van der Waals surface area contributed by atoms with Crippen molar-refractivity contribution in [3.05, 3.63) is 0 Å². The zero-order valence-electron chi connectivity index (χ0n) is 10.4. The summed E-state index contributed by atoms with van der Waals surface area (Å²) in [6.07, 6.45) is 1.07. The summed E-state index contributed by atoms with van der Waals surface area (Å²) in [7, 11) is 3.76. The topological polar surface area (TPSA) is 44.8 Å². The van der Waals surface area contributed by atoms with Gasteiger partial charge < -0.3 is 19.9 Å². The lowest BCUT2D eigenvalue weighted by Crippen LogP contribution is -2.40. The Balaban J connectivity index is 2.19. The van der Waals surface area contributed by atoms with Crippen LogP contribution in [0.25, 0.3) is 0 Å². The Morgan fingerprint density at radius 1 is 1.31 bits per heavy atom. The summed E-state index contributed by atoms with van der Waals surface area (Å²) in [6, 6.07) is 0. The SMILES string of the molecule is COCCNCC(=O)N1CCCN(C)CC1. The van der Waals surface area contributed by atoms with Gasteiger partial charge in [-0.05, 0) is 20.0 Å². The quantitative estimate of drug-likeness (QED) is 0.639. The Hall–Kier alpha value is -0.650. The van der Waals surface area contributed by atoms with E-state index in [-0.39, 0.29) is 5.91 Å². The van der Waals surface area contributed by atoms with Crippen LogP contribution in [0.4, 0.5) is 0 Å². The van der Waals surface area contributed by atoms with E-state index in [0.717, 1.165) is 39.1 Å². The van der Waals surface area contributed by atoms with Crippen molar-refractivity contribution in [2.75, 3.05) is 60.0 Å². The summed E-state index contributed by atoms with van der Waals surface area (Å²) in [4.78, 5) is 16.0. The van der Waals surface area contributed by atoms with Crippen molar-refractivity contribution in [3.8, 4) is 0 Å². The fourth-order valence-electron chi connectivity index (χ4n) is 1.78. The summed E-state index contributed by atoms with van der Waals surface area (Å²) in [5.41, 5.74) is 0. The Labute approximate surface area is 97.7 Å². The molecule has 0 aromatic heterocycles. The largest absolute Gasteiger partial charge is 0.383 e. The molecule has 1 N–H and O–H groups in total. The van der Waals surface area contributed by atoms with Crippen molar-refractivity contribution in [2.45, 2.75) is 6.42 Å². The third kappa shape index (κ3) is 4.92. The second-order valence-corrected chi connectivity index (χ2v) is 4.21. The van der Waals surface area contributed by atoms with Crippen LogP contribution in [-0.2, 0) is 9.53 Å². The van der Waals surface area contributed by atoms with Gasteiger partial charge in [0.25, 0.3) is 0 Å². The predicted molar refractivity (Wildman–Crippen MR) is 63.4 cm³/mol. The van der Waals surface area contributed by atoms with Gasteiger partial charge in [-0.25, -0.2) is 0 Å². The molecule has 0 aromatic carbocycles. The molecule has 1 rings (SSSR count). The van der Waals surface area contributed by atoms with E-state index >= 15 is 0 Å². The molecule has 1 fully saturated rings. The highest BCUT2D eigenvalue weighted by atomic mass is 16.5. The molecule has 0 unspecified atom stereocenters. The number of rotatable bonds is 5. The molecule has 1 amide bonds. The number of hydrogen-bond donors (Lipinski definition) is 1. The van der Waals surface area contributed by atoms with Crippen LogP contribution in [0.15, 0.2) is 0 Å². The second-order valence-electron chi connectivity index (χ2n) is 4.21. The molecule has 1 heterocycles. The maximum Gasteiger partial charge on any atom is 0.236 e. The first kappa shape index (κ1) is 13.4. The molecule has 0 aromatic rings. The van der Waals surface area contributed by atoms with Crippen LogP contribution in [-0.4, -0.2) is 75.7 Å². The third-order valence-electron chi connectivity index (χ3n) is 2.83. The zero-order chi connectivity index (χ0) is 11.8. The van der Waals surface area contributed by atoms with Crippen LogP contribution < -0.4 is 5.32 Å². The van der Waals surface area contributed by atoms with Gasteiger partial charge in [-0.3, -0.25) is 4.79 Å². The van der Waals surface area contributed by atoms with Crippen molar-refractivity contribution in [2.24, 2.45) is 0 Å². The molecule has 0 radical (unpaired) electrons. The molecule has 94 valence electrons. The monoisotopic (exact) mass is 229 g/mol. The smallest absolute Gasteiger partial charge is 0.236 e. The minimum atomic E-state index is 0.200. The Kier molecular flexibility index (Phi) is 6.37. The minimum Gasteiger partial charge on any atom is -0.383 e. The number of ether oxygens (including phenoxy) is 1. The van der Waals surface area contributed by atoms with Crippen LogP contribution in [0.3, 0.4) is 0 Å². The number of nitrogens with one attached hydrogen (secondary N) is 1. The molecule has 5 nitrogen and oxygen atoms in total. The van der Waals surface area contributed by atoms with Crippen LogP contribution in [0.2, 0.25) is 0 Å². The van der Waals surface area contributed by atoms with Crippen LogP contribution in [0, 0.1) is 0 Å². The van der Waals surface area contributed by atoms with Gasteiger partial charge in [0.15, 0.2) is 0 Å². The van der Waals surface area contributed by atoms with Crippen molar-refractivity contribution in [3.63, 3.8) is 0 Å². The Morgan fingerprint density at radius 3 is 2.88 bits per heavy atom. The van der Waals surface area contributed by atoms with Gasteiger partial charge in [0.2, 0.25) is 5.91 Å². The van der Waals surface area contributed by atoms with Gasteiger partial charge in [-0.1, -0.05) is 0 Å². The molecule has 5 heteroatoms. The van der Waals surface area contributed by atoms with E-state index in [0.29, 0.717) is 13.2 Å². The Bertz CT molecular complexity index is 211. The average Bonchev–Trinajstić information content (AvgIpc) is 2.49. The van der Waals surface area contributed by atoms with Gasteiger partial charge in [0, 0.05) is 33.3 Å². The van der Waals surface area contributed by atoms with E-state index in [1.54, 1.807) is 7.11 Å². The van der Waals surface area contributed by atoms with Crippen molar-refractivity contribution < 1.29 is 9.53 Å². The van der Waals surface area contributed by atoms with Crippen LogP contribution in [0.1, 0.15) is 6.42 Å². The van der Waals surface area contributed by atoms with E-state index < -0.39 is 0 Å². The first-order valence-electron chi connectivity index (χ1n) is 5.90. The summed E-state index contributed by atoms with van der Waals surface area (Å²) >= 11 is 0. The van der Waals surface area contributed by atoms with E-state index in [1.165, 1.54) is 0 Å². The fourth-order valence-corrected chi connectivity index (χ4v) is 1.78. The van der Waals surface area contributed by atoms with E-state index in [4.69, 9.17) is 4.74 Å². The standard InChI is InChI=1S/C11H23N3O2/c1-13-5-3-6-14(8-7-13)11(15)10-12-4-9-16-2/h12H,3-10H2,1-2H3. The van der Waals surface area contributed by atoms with Gasteiger partial charge in [-0.2, -0.15) is 0 Å². The van der Waals surface area contributed by atoms with Crippen molar-refractivity contribution in [1.29, 1.82) is 0 Å². The molecule has 0 aliphatic carbocycles. The first-order chi connectivity index (χ1) is 7.74. The number of likely N-dealkylation sites (N-methyl/N-ethyl adjacent to an activating group) is 1. The molecule has 0 bridgehead atoms. The molecule has 0 saturated carbocycles. The lowest BCUT2D eigenvalue weighted by molar-refractivity contribution is -0.130. The predicted octanol–water partition coefficient (Wildman–Crippen LogP) is -0.613. The summed E-state index contributed by atoms with van der Waals surface area (Å²) in [6.45, 7) is 5.60. The van der Waals surface area contributed by atoms with Crippen LogP contribution in [0.5, 0.6) is 0 Å². The molecule has 1 aliphatic rings. The first-order valence-corrected chi connectivity index (χ1v) is 5.90. The zero-order valence-corrected chi connectivity index (χ0v) is 10.4. The highest BCUT2D eigenvalue weighted by molar-refractivity contribution is 5.78. The van der Waals surface area contributed by atoms with Gasteiger partial charge in [0.1, 0.15) is 0 Å². The summed E-state index contributed by atoms with van der Waals surface area (Å²) < 4.78 is 4.91. The average molecular weight is 229 g/mol. The minimum absolute atomic E-state index is 0.200. The molecule has 1 saturated heterocycles. The number of nitrogens with zero attached hydrogens (tertiary/aromatic N) is 2. The molecular formula is C11H23N3O2. The number of carbonyl (C=O) groups excluding carboxylic acids is 1. The number of methoxy groups -OCH3 is 1. The number of carbonyl (C=O) groups is 1. The summed E-state index contributed by atoms with van der Waals surface area (Å²) in [5.74, 6) is 0.200. The number of amides is 1. The molecular weight excluding hydrogens is 206 g/mol. The van der Waals surface area contributed by atoms with Crippen molar-refractivity contribution >= 4 is 5.91 Å². The Morgan fingerprint density at radius 2 is 2.12 bits per heavy atom. The van der Waals surface area contributed by atoms with E-state index in [9.17, 15) is 4.79 Å². The lowest BCUT2D eigenvalue weighted by Gasteiger charge is -2.20. The van der Waals surface area contributed by atoms with Gasteiger partial charge in [-0.15, -0.1) is 0 Å². The van der Waals surface area contributed by atoms with E-state index in [1.807, 2.05) is 4.90 Å². The molecule has 1 aliphatic heterocycles. The summed E-state index contributed by atoms with van der Waals surface area (Å²) in [5, 5.41) is 3.09. The highest BCUT2D eigenvalue weighted by Crippen LogP contribution is 2.00. The normalized spacial score (nSPS) is 18.5. The van der Waals surface area contributed by atoms with Gasteiger partial charge >= 0.3 is 0 Å². The van der Waals surface area contributed by atoms with Gasteiger partial charge in [0.05, 0.1) is 13.2 Å². The molecule has 0 atom stereocenters. The van der Waals surface area contributed by atoms with Crippen LogP contribution >= 0.6 is 0 Å². The van der Waals surface area contributed by atoms with E-state index in [2.05, 4.69) is 17.3 Å².